The Labute approximate surface area is 513 Å². The number of allylic oxidation sites excluding steroid dienone is 1. The van der Waals surface area contributed by atoms with Crippen molar-refractivity contribution in [2.24, 2.45) is 50.2 Å². The quantitative estimate of drug-likeness (QED) is 0.0414. The summed E-state index contributed by atoms with van der Waals surface area (Å²) in [5.41, 5.74) is -5.57. The molecule has 4 saturated carbocycles. The number of aliphatic hydroxyl groups is 16. The zero-order chi connectivity index (χ0) is 65.3. The summed E-state index contributed by atoms with van der Waals surface area (Å²) in [7, 11) is 0. The van der Waals surface area contributed by atoms with E-state index in [1.807, 2.05) is 34.6 Å². The second kappa shape index (κ2) is 25.3. The van der Waals surface area contributed by atoms with Gasteiger partial charge in [-0.2, -0.15) is 0 Å². The Hall–Kier alpha value is -2.36. The number of fused-ring (bicyclic) bond motifs is 7. The fraction of sp³-hybridized carbons (Fsp3) is 0.932. The molecule has 0 aromatic rings. The molecule has 510 valence electrons. The lowest BCUT2D eigenvalue weighted by Crippen LogP contribution is -2.77. The summed E-state index contributed by atoms with van der Waals surface area (Å²) in [6, 6.07) is 0. The molecule has 10 aliphatic rings. The molecule has 5 saturated heterocycles. The Balaban J connectivity index is 0.999. The highest BCUT2D eigenvalue weighted by molar-refractivity contribution is 5.73. The molecule has 10 rings (SSSR count). The molecule has 30 nitrogen and oxygen atoms in total. The highest BCUT2D eigenvalue weighted by Gasteiger charge is 2.76. The summed E-state index contributed by atoms with van der Waals surface area (Å²) in [6.45, 7) is 11.4. The van der Waals surface area contributed by atoms with Gasteiger partial charge in [0.25, 0.3) is 0 Å². The highest BCUT2D eigenvalue weighted by Crippen LogP contribution is 2.76. The van der Waals surface area contributed by atoms with E-state index >= 15 is 0 Å². The van der Waals surface area contributed by atoms with E-state index in [9.17, 15) is 96.4 Å². The molecule has 34 unspecified atom stereocenters. The minimum absolute atomic E-state index is 0.216. The number of esters is 1. The Kier molecular flexibility index (Phi) is 19.8. The molecule has 17 N–H and O–H groups in total. The van der Waals surface area contributed by atoms with Crippen molar-refractivity contribution in [1.82, 2.24) is 0 Å². The summed E-state index contributed by atoms with van der Waals surface area (Å²) in [5, 5.41) is 189. The van der Waals surface area contributed by atoms with Crippen LogP contribution in [0.3, 0.4) is 0 Å². The molecule has 34 atom stereocenters. The van der Waals surface area contributed by atoms with Crippen LogP contribution >= 0.6 is 0 Å². The molecular formula is C59H94O30. The van der Waals surface area contributed by atoms with Crippen molar-refractivity contribution in [3.05, 3.63) is 11.6 Å². The van der Waals surface area contributed by atoms with E-state index in [-0.39, 0.29) is 24.7 Å². The van der Waals surface area contributed by atoms with Gasteiger partial charge in [-0.1, -0.05) is 60.1 Å². The van der Waals surface area contributed by atoms with Crippen molar-refractivity contribution in [2.45, 2.75) is 260 Å². The molecule has 30 heteroatoms. The largest absolute Gasteiger partial charge is 0.479 e. The van der Waals surface area contributed by atoms with Crippen LogP contribution in [-0.2, 0) is 61.7 Å². The number of aliphatic hydroxyl groups excluding tert-OH is 16. The Morgan fingerprint density at radius 1 is 0.562 bits per heavy atom. The van der Waals surface area contributed by atoms with E-state index in [0.717, 1.165) is 5.57 Å². The van der Waals surface area contributed by atoms with Crippen molar-refractivity contribution in [2.75, 3.05) is 33.0 Å². The molecule has 89 heavy (non-hydrogen) atoms. The van der Waals surface area contributed by atoms with Crippen molar-refractivity contribution in [3.8, 4) is 0 Å². The predicted octanol–water partition coefficient (Wildman–Crippen LogP) is -5.27. The normalized spacial score (nSPS) is 53.7. The number of carboxylic acids is 1. The number of rotatable bonds is 15. The van der Waals surface area contributed by atoms with E-state index in [1.54, 1.807) is 0 Å². The second-order valence-electron chi connectivity index (χ2n) is 28.6. The number of hydrogen-bond acceptors (Lipinski definition) is 29. The summed E-state index contributed by atoms with van der Waals surface area (Å²) >= 11 is 0. The maximum Gasteiger partial charge on any atom is 0.335 e. The third kappa shape index (κ3) is 11.2. The number of hydrogen-bond donors (Lipinski definition) is 17. The first kappa shape index (κ1) is 69.5. The molecule has 5 aliphatic heterocycles. The van der Waals surface area contributed by atoms with Crippen LogP contribution < -0.4 is 0 Å². The third-order valence-electron chi connectivity index (χ3n) is 23.1. The van der Waals surface area contributed by atoms with Gasteiger partial charge in [-0.25, -0.2) is 4.79 Å². The Morgan fingerprint density at radius 2 is 1.09 bits per heavy atom. The molecule has 0 bridgehead atoms. The second-order valence-corrected chi connectivity index (χ2v) is 28.6. The molecule has 5 aliphatic carbocycles. The fourth-order valence-corrected chi connectivity index (χ4v) is 18.0. The zero-order valence-corrected chi connectivity index (χ0v) is 51.1. The van der Waals surface area contributed by atoms with Gasteiger partial charge < -0.3 is 139 Å². The first-order chi connectivity index (χ1) is 41.6. The van der Waals surface area contributed by atoms with Crippen molar-refractivity contribution in [3.63, 3.8) is 0 Å². The van der Waals surface area contributed by atoms with E-state index in [2.05, 4.69) is 19.9 Å². The van der Waals surface area contributed by atoms with Crippen LogP contribution in [0.15, 0.2) is 11.6 Å². The van der Waals surface area contributed by atoms with E-state index < -0.39 is 249 Å². The topological polar surface area (TPSA) is 480 Å². The van der Waals surface area contributed by atoms with Gasteiger partial charge in [0, 0.05) is 17.8 Å². The van der Waals surface area contributed by atoms with Gasteiger partial charge in [0.15, 0.2) is 37.6 Å². The Bertz CT molecular complexity index is 2540. The number of aliphatic carboxylic acids is 1. The van der Waals surface area contributed by atoms with Gasteiger partial charge in [0.2, 0.25) is 0 Å². The van der Waals surface area contributed by atoms with E-state index in [1.165, 1.54) is 6.92 Å². The highest BCUT2D eigenvalue weighted by atomic mass is 16.8. The number of carbonyl (C=O) groups excluding carboxylic acids is 1. The molecule has 9 fully saturated rings. The van der Waals surface area contributed by atoms with E-state index in [0.29, 0.717) is 25.7 Å². The van der Waals surface area contributed by atoms with Crippen molar-refractivity contribution in [1.29, 1.82) is 0 Å². The van der Waals surface area contributed by atoms with Crippen LogP contribution in [0.25, 0.3) is 0 Å². The van der Waals surface area contributed by atoms with Crippen molar-refractivity contribution >= 4 is 11.9 Å². The van der Waals surface area contributed by atoms with E-state index in [4.69, 9.17) is 52.1 Å². The predicted molar refractivity (Wildman–Crippen MR) is 293 cm³/mol. The van der Waals surface area contributed by atoms with Crippen LogP contribution in [0.4, 0.5) is 0 Å². The number of carboxylic acid groups (broad SMARTS) is 1. The van der Waals surface area contributed by atoms with Gasteiger partial charge in [0.1, 0.15) is 110 Å². The molecule has 0 radical (unpaired) electrons. The maximum atomic E-state index is 13.6. The minimum atomic E-state index is -2.20. The van der Waals surface area contributed by atoms with Crippen molar-refractivity contribution < 1.29 is 149 Å². The van der Waals surface area contributed by atoms with Crippen LogP contribution in [0.5, 0.6) is 0 Å². The van der Waals surface area contributed by atoms with Crippen LogP contribution in [0, 0.1) is 50.2 Å². The lowest BCUT2D eigenvalue weighted by Gasteiger charge is -2.73. The fourth-order valence-electron chi connectivity index (χ4n) is 18.0. The van der Waals surface area contributed by atoms with Crippen LogP contribution in [0.1, 0.15) is 93.9 Å². The van der Waals surface area contributed by atoms with Gasteiger partial charge in [0.05, 0.1) is 56.8 Å². The monoisotopic (exact) mass is 1280 g/mol. The average Bonchev–Trinajstić information content (AvgIpc) is 0.891. The zero-order valence-electron chi connectivity index (χ0n) is 51.1. The van der Waals surface area contributed by atoms with Gasteiger partial charge in [-0.15, -0.1) is 0 Å². The molecule has 0 spiro atoms. The third-order valence-corrected chi connectivity index (χ3v) is 23.1. The standard InChI is InChI=1S/C59H94O30/c1-21(63)81-46-47(89-50-37(72)32(67)25(65)19-80-50)59(20-62)23(15-54(46,2)3)22-9-10-29-56(6)13-12-30(55(4,5)28(56)11-14-57(29,7)58(22,8)44(75)45(59)76)84-53-43(88-52-39(74)35(70)33(68)26(16-60)82-52)41(85-49-36(71)31(66)24(64)18-79-49)40(42(87-53)48(77)78)86-51-38(73)34(69)27(17-61)83-51/h9,23-47,49-53,60-62,64-76H,10-20H2,1-8H3,(H,77,78). The van der Waals surface area contributed by atoms with Gasteiger partial charge in [-0.05, 0) is 72.5 Å². The lowest BCUT2D eigenvalue weighted by atomic mass is 9.32. The first-order valence-corrected chi connectivity index (χ1v) is 30.9. The molecule has 5 heterocycles. The molecule has 0 amide bonds. The summed E-state index contributed by atoms with van der Waals surface area (Å²) in [4.78, 5) is 26.5. The molecule has 0 aromatic carbocycles. The molecular weight excluding hydrogens is 1190 g/mol. The SMILES string of the molecule is CC(=O)OC1C(OC2OCC(O)C(O)C2O)C2(CO)C(CC1(C)C)C1=CCC3C4(C)CCC(OC5OC(C(=O)O)C(OC6OC(CO)C(O)C6O)C(OC6OCC(O)C(O)C6O)C5OC5OC(CO)C(O)C(O)C5O)C(C)(C)C4CCC3(C)C1(C)C(O)C2O. The summed E-state index contributed by atoms with van der Waals surface area (Å²) in [6.07, 6.45) is -43.6. The number of carbonyl (C=O) groups is 2. The summed E-state index contributed by atoms with van der Waals surface area (Å²) < 4.78 is 67.5. The maximum absolute atomic E-state index is 13.6. The van der Waals surface area contributed by atoms with Gasteiger partial charge >= 0.3 is 11.9 Å². The minimum Gasteiger partial charge on any atom is -0.479 e. The van der Waals surface area contributed by atoms with Gasteiger partial charge in [-0.3, -0.25) is 4.79 Å². The Morgan fingerprint density at radius 3 is 1.64 bits per heavy atom. The molecule has 0 aromatic heterocycles. The lowest BCUT2D eigenvalue weighted by molar-refractivity contribution is -0.401. The number of ether oxygens (including phenoxy) is 11. The summed E-state index contributed by atoms with van der Waals surface area (Å²) in [5.74, 6) is -3.69. The first-order valence-electron chi connectivity index (χ1n) is 30.9. The van der Waals surface area contributed by atoms with Crippen LogP contribution in [-0.4, -0.2) is 298 Å². The smallest absolute Gasteiger partial charge is 0.335 e. The van der Waals surface area contributed by atoms with Crippen LogP contribution in [0.2, 0.25) is 0 Å². The average molecular weight is 1280 g/mol.